The molecule has 0 aliphatic heterocycles. The van der Waals surface area contributed by atoms with Crippen LogP contribution in [0, 0.1) is 0 Å². The molecular weight excluding hydrogens is 232 g/mol. The minimum Gasteiger partial charge on any atom is -0.384 e. The highest BCUT2D eigenvalue weighted by Crippen LogP contribution is 2.20. The fourth-order valence-corrected chi connectivity index (χ4v) is 1.35. The molecule has 0 fully saturated rings. The van der Waals surface area contributed by atoms with Crippen LogP contribution in [0.25, 0.3) is 0 Å². The average Bonchev–Trinajstić information content (AvgIpc) is 2.08. The summed E-state index contributed by atoms with van der Waals surface area (Å²) in [5.41, 5.74) is 5.98. The van der Waals surface area contributed by atoms with E-state index in [0.717, 1.165) is 10.2 Å². The Kier molecular flexibility index (Phi) is 3.76. The van der Waals surface area contributed by atoms with Crippen LogP contribution in [0.5, 0.6) is 0 Å². The molecule has 0 aliphatic carbocycles. The summed E-state index contributed by atoms with van der Waals surface area (Å²) >= 11 is 3.38. The van der Waals surface area contributed by atoms with Crippen LogP contribution in [0.1, 0.15) is 6.42 Å². The van der Waals surface area contributed by atoms with Gasteiger partial charge in [-0.1, -0.05) is 12.1 Å². The van der Waals surface area contributed by atoms with Gasteiger partial charge in [-0.3, -0.25) is 4.79 Å². The molecule has 1 aromatic rings. The zero-order valence-electron chi connectivity index (χ0n) is 7.09. The maximum absolute atomic E-state index is 10.4. The number of carbonyl (C=O) groups excluding carboxylic acids is 1. The molecule has 0 spiro atoms. The van der Waals surface area contributed by atoms with Crippen molar-refractivity contribution in [3.63, 3.8) is 0 Å². The van der Waals surface area contributed by atoms with Crippen molar-refractivity contribution in [1.29, 1.82) is 0 Å². The Morgan fingerprint density at radius 3 is 2.77 bits per heavy atom. The van der Waals surface area contributed by atoms with Crippen LogP contribution in [-0.4, -0.2) is 12.5 Å². The number of primary amides is 1. The van der Waals surface area contributed by atoms with Gasteiger partial charge in [-0.05, 0) is 28.1 Å². The Morgan fingerprint density at radius 2 is 2.15 bits per heavy atom. The van der Waals surface area contributed by atoms with E-state index in [1.54, 1.807) is 0 Å². The Morgan fingerprint density at radius 1 is 1.46 bits per heavy atom. The number of amides is 1. The SMILES string of the molecule is NC(=O)CCNc1ccccc1Br. The normalized spacial score (nSPS) is 9.62. The van der Waals surface area contributed by atoms with Gasteiger partial charge in [0.25, 0.3) is 0 Å². The molecule has 1 aromatic carbocycles. The number of para-hydroxylation sites is 1. The van der Waals surface area contributed by atoms with Crippen LogP contribution in [0.15, 0.2) is 28.7 Å². The summed E-state index contributed by atoms with van der Waals surface area (Å²) in [6, 6.07) is 7.73. The lowest BCUT2D eigenvalue weighted by atomic mass is 10.3. The lowest BCUT2D eigenvalue weighted by molar-refractivity contribution is -0.117. The summed E-state index contributed by atoms with van der Waals surface area (Å²) in [5.74, 6) is -0.292. The molecule has 3 N–H and O–H groups in total. The summed E-state index contributed by atoms with van der Waals surface area (Å²) in [6.45, 7) is 0.567. The first kappa shape index (κ1) is 10.1. The van der Waals surface area contributed by atoms with E-state index < -0.39 is 0 Å². The number of hydrogen-bond donors (Lipinski definition) is 2. The minimum absolute atomic E-state index is 0.292. The maximum atomic E-state index is 10.4. The number of benzene rings is 1. The Bertz CT molecular complexity index is 301. The number of carbonyl (C=O) groups is 1. The largest absolute Gasteiger partial charge is 0.384 e. The molecule has 4 heteroatoms. The van der Waals surface area contributed by atoms with Crippen molar-refractivity contribution in [3.05, 3.63) is 28.7 Å². The minimum atomic E-state index is -0.292. The van der Waals surface area contributed by atoms with Gasteiger partial charge in [0.05, 0.1) is 0 Å². The molecular formula is C9H11BrN2O. The highest BCUT2D eigenvalue weighted by atomic mass is 79.9. The summed E-state index contributed by atoms with van der Waals surface area (Å²) < 4.78 is 0.986. The van der Waals surface area contributed by atoms with Gasteiger partial charge in [0.2, 0.25) is 5.91 Å². The van der Waals surface area contributed by atoms with Crippen LogP contribution in [0.4, 0.5) is 5.69 Å². The lowest BCUT2D eigenvalue weighted by Gasteiger charge is -2.06. The molecule has 0 atom stereocenters. The molecule has 0 saturated carbocycles. The molecule has 70 valence electrons. The Balaban J connectivity index is 2.45. The van der Waals surface area contributed by atoms with Gasteiger partial charge in [-0.2, -0.15) is 0 Å². The molecule has 1 rings (SSSR count). The van der Waals surface area contributed by atoms with E-state index in [9.17, 15) is 4.79 Å². The van der Waals surface area contributed by atoms with E-state index >= 15 is 0 Å². The first-order valence-electron chi connectivity index (χ1n) is 3.97. The third-order valence-electron chi connectivity index (χ3n) is 1.56. The zero-order chi connectivity index (χ0) is 9.68. The molecule has 0 aromatic heterocycles. The molecule has 0 saturated heterocycles. The highest BCUT2D eigenvalue weighted by molar-refractivity contribution is 9.10. The van der Waals surface area contributed by atoms with Gasteiger partial charge in [0.15, 0.2) is 0 Å². The Labute approximate surface area is 85.4 Å². The van der Waals surface area contributed by atoms with Gasteiger partial charge >= 0.3 is 0 Å². The number of hydrogen-bond acceptors (Lipinski definition) is 2. The van der Waals surface area contributed by atoms with Crippen molar-refractivity contribution in [1.82, 2.24) is 0 Å². The van der Waals surface area contributed by atoms with Crippen LogP contribution < -0.4 is 11.1 Å². The van der Waals surface area contributed by atoms with E-state index in [1.807, 2.05) is 24.3 Å². The molecule has 0 bridgehead atoms. The lowest BCUT2D eigenvalue weighted by Crippen LogP contribution is -2.15. The van der Waals surface area contributed by atoms with Crippen LogP contribution in [0.2, 0.25) is 0 Å². The molecule has 1 amide bonds. The second kappa shape index (κ2) is 4.87. The molecule has 0 radical (unpaired) electrons. The molecule has 3 nitrogen and oxygen atoms in total. The monoisotopic (exact) mass is 242 g/mol. The summed E-state index contributed by atoms with van der Waals surface area (Å²) in [6.07, 6.45) is 0.349. The van der Waals surface area contributed by atoms with Gasteiger partial charge < -0.3 is 11.1 Å². The van der Waals surface area contributed by atoms with Crippen LogP contribution >= 0.6 is 15.9 Å². The van der Waals surface area contributed by atoms with Crippen LogP contribution in [0.3, 0.4) is 0 Å². The number of rotatable bonds is 4. The third kappa shape index (κ3) is 3.46. The molecule has 0 heterocycles. The number of anilines is 1. The number of nitrogens with two attached hydrogens (primary N) is 1. The van der Waals surface area contributed by atoms with Crippen LogP contribution in [-0.2, 0) is 4.79 Å². The third-order valence-corrected chi connectivity index (χ3v) is 2.25. The predicted molar refractivity (Wildman–Crippen MR) is 56.4 cm³/mol. The predicted octanol–water partition coefficient (Wildman–Crippen LogP) is 1.74. The maximum Gasteiger partial charge on any atom is 0.219 e. The smallest absolute Gasteiger partial charge is 0.219 e. The summed E-state index contributed by atoms with van der Waals surface area (Å²) in [5, 5.41) is 3.10. The molecule has 0 unspecified atom stereocenters. The first-order valence-corrected chi connectivity index (χ1v) is 4.76. The van der Waals surface area contributed by atoms with Gasteiger partial charge in [-0.25, -0.2) is 0 Å². The fourth-order valence-electron chi connectivity index (χ4n) is 0.925. The molecule has 0 aliphatic rings. The second-order valence-corrected chi connectivity index (χ2v) is 3.48. The van der Waals surface area contributed by atoms with Crippen molar-refractivity contribution in [2.45, 2.75) is 6.42 Å². The topological polar surface area (TPSA) is 55.1 Å². The van der Waals surface area contributed by atoms with E-state index in [2.05, 4.69) is 21.2 Å². The fraction of sp³-hybridized carbons (Fsp3) is 0.222. The molecule has 13 heavy (non-hydrogen) atoms. The van der Waals surface area contributed by atoms with Gasteiger partial charge in [-0.15, -0.1) is 0 Å². The van der Waals surface area contributed by atoms with E-state index in [-0.39, 0.29) is 5.91 Å². The van der Waals surface area contributed by atoms with E-state index in [0.29, 0.717) is 13.0 Å². The van der Waals surface area contributed by atoms with Crippen molar-refractivity contribution < 1.29 is 4.79 Å². The zero-order valence-corrected chi connectivity index (χ0v) is 8.67. The van der Waals surface area contributed by atoms with Crippen molar-refractivity contribution >= 4 is 27.5 Å². The highest BCUT2D eigenvalue weighted by Gasteiger charge is 1.97. The van der Waals surface area contributed by atoms with E-state index in [1.165, 1.54) is 0 Å². The number of halogens is 1. The van der Waals surface area contributed by atoms with Gasteiger partial charge in [0, 0.05) is 23.1 Å². The van der Waals surface area contributed by atoms with Crippen molar-refractivity contribution in [3.8, 4) is 0 Å². The van der Waals surface area contributed by atoms with Crippen molar-refractivity contribution in [2.75, 3.05) is 11.9 Å². The van der Waals surface area contributed by atoms with E-state index in [4.69, 9.17) is 5.73 Å². The first-order chi connectivity index (χ1) is 6.20. The second-order valence-electron chi connectivity index (χ2n) is 2.62. The summed E-state index contributed by atoms with van der Waals surface area (Å²) in [7, 11) is 0. The van der Waals surface area contributed by atoms with Gasteiger partial charge in [0.1, 0.15) is 0 Å². The standard InChI is InChI=1S/C9H11BrN2O/c10-7-3-1-2-4-8(7)12-6-5-9(11)13/h1-4,12H,5-6H2,(H2,11,13). The quantitative estimate of drug-likeness (QED) is 0.846. The number of nitrogens with one attached hydrogen (secondary N) is 1. The average molecular weight is 243 g/mol. The Hall–Kier alpha value is -1.03. The summed E-state index contributed by atoms with van der Waals surface area (Å²) in [4.78, 5) is 10.4. The van der Waals surface area contributed by atoms with Crippen molar-refractivity contribution in [2.24, 2.45) is 5.73 Å².